The summed E-state index contributed by atoms with van der Waals surface area (Å²) < 4.78 is 10.5. The summed E-state index contributed by atoms with van der Waals surface area (Å²) in [6.45, 7) is 4.99. The van der Waals surface area contributed by atoms with Gasteiger partial charge in [-0.1, -0.05) is 0 Å². The third-order valence-electron chi connectivity index (χ3n) is 2.32. The predicted octanol–water partition coefficient (Wildman–Crippen LogP) is 0.176. The number of aliphatic hydroxyl groups excluding tert-OH is 1. The molecule has 0 amide bonds. The molecule has 2 atom stereocenters. The van der Waals surface area contributed by atoms with Crippen LogP contribution in [0.2, 0.25) is 0 Å². The van der Waals surface area contributed by atoms with Gasteiger partial charge < -0.3 is 25.4 Å². The van der Waals surface area contributed by atoms with E-state index in [0.29, 0.717) is 11.4 Å². The van der Waals surface area contributed by atoms with Crippen LogP contribution in [0.1, 0.15) is 20.8 Å². The first-order chi connectivity index (χ1) is 9.69. The number of nitrogens with two attached hydrogens (primary N) is 1. The van der Waals surface area contributed by atoms with Crippen molar-refractivity contribution < 1.29 is 24.5 Å². The van der Waals surface area contributed by atoms with E-state index in [-0.39, 0.29) is 6.61 Å². The maximum Gasteiger partial charge on any atom is 0.324 e. The minimum Gasteiger partial charge on any atom is -0.489 e. The van der Waals surface area contributed by atoms with Gasteiger partial charge >= 0.3 is 5.97 Å². The molecule has 0 bridgehead atoms. The fourth-order valence-electron chi connectivity index (χ4n) is 1.43. The number of rotatable bonds is 7. The number of carboxylic acid groups (broad SMARTS) is 1. The Hall–Kier alpha value is -1.90. The van der Waals surface area contributed by atoms with Crippen LogP contribution in [0.5, 0.6) is 5.75 Å². The molecule has 8 heteroatoms. The summed E-state index contributed by atoms with van der Waals surface area (Å²) in [5.74, 6) is -0.858. The highest BCUT2D eigenvalue weighted by molar-refractivity contribution is 5.73. The fourth-order valence-corrected chi connectivity index (χ4v) is 1.43. The summed E-state index contributed by atoms with van der Waals surface area (Å²) >= 11 is 0. The van der Waals surface area contributed by atoms with Gasteiger partial charge in [-0.05, 0) is 20.8 Å². The number of hydrogen-bond donors (Lipinski definition) is 4. The van der Waals surface area contributed by atoms with E-state index in [4.69, 9.17) is 20.3 Å². The number of anilines is 1. The van der Waals surface area contributed by atoms with Crippen LogP contribution in [-0.2, 0) is 9.53 Å². The molecule has 0 aromatic carbocycles. The number of nitrogens with zero attached hydrogens (tertiary/aromatic N) is 1. The molecule has 0 spiro atoms. The zero-order chi connectivity index (χ0) is 16.0. The molecule has 1 unspecified atom stereocenters. The van der Waals surface area contributed by atoms with Gasteiger partial charge in [-0.15, -0.1) is 0 Å². The van der Waals surface area contributed by atoms with Crippen molar-refractivity contribution >= 4 is 11.7 Å². The van der Waals surface area contributed by atoms with Crippen molar-refractivity contribution in [3.63, 3.8) is 0 Å². The highest BCUT2D eigenvalue weighted by Gasteiger charge is 2.24. The van der Waals surface area contributed by atoms with Gasteiger partial charge in [0.1, 0.15) is 18.4 Å². The van der Waals surface area contributed by atoms with Gasteiger partial charge in [0.2, 0.25) is 6.41 Å². The molecule has 0 fully saturated rings. The Morgan fingerprint density at radius 1 is 1.52 bits per heavy atom. The van der Waals surface area contributed by atoms with E-state index in [1.807, 2.05) is 0 Å². The van der Waals surface area contributed by atoms with E-state index in [1.165, 1.54) is 18.5 Å². The first kappa shape index (κ1) is 17.2. The molecule has 8 nitrogen and oxygen atoms in total. The van der Waals surface area contributed by atoms with Gasteiger partial charge in [0.15, 0.2) is 0 Å². The number of nitrogens with one attached hydrogen (secondary N) is 1. The molecule has 0 aliphatic heterocycles. The van der Waals surface area contributed by atoms with E-state index in [9.17, 15) is 9.90 Å². The summed E-state index contributed by atoms with van der Waals surface area (Å²) in [5.41, 5.74) is 5.32. The lowest BCUT2D eigenvalue weighted by atomic mass is 10.2. The third kappa shape index (κ3) is 6.39. The largest absolute Gasteiger partial charge is 0.489 e. The lowest BCUT2D eigenvalue weighted by molar-refractivity contribution is -0.190. The van der Waals surface area contributed by atoms with Gasteiger partial charge in [-0.25, -0.2) is 0 Å². The van der Waals surface area contributed by atoms with E-state index in [0.717, 1.165) is 0 Å². The maximum atomic E-state index is 11.2. The Balaban J connectivity index is 2.58. The Kier molecular flexibility index (Phi) is 5.89. The summed E-state index contributed by atoms with van der Waals surface area (Å²) in [4.78, 5) is 15.0. The van der Waals surface area contributed by atoms with Crippen LogP contribution < -0.4 is 15.8 Å². The summed E-state index contributed by atoms with van der Waals surface area (Å²) in [6, 6.07) is 0.367. The van der Waals surface area contributed by atoms with Gasteiger partial charge in [0.25, 0.3) is 0 Å². The minimum absolute atomic E-state index is 0.228. The van der Waals surface area contributed by atoms with Crippen LogP contribution in [0.3, 0.4) is 0 Å². The number of aliphatic carboxylic acids is 1. The first-order valence-corrected chi connectivity index (χ1v) is 6.36. The van der Waals surface area contributed by atoms with Gasteiger partial charge in [0.05, 0.1) is 17.5 Å². The summed E-state index contributed by atoms with van der Waals surface area (Å²) in [7, 11) is 0. The lowest BCUT2D eigenvalue weighted by Gasteiger charge is -2.26. The van der Waals surface area contributed by atoms with Gasteiger partial charge in [-0.3, -0.25) is 15.1 Å². The average molecular weight is 299 g/mol. The Morgan fingerprint density at radius 2 is 2.19 bits per heavy atom. The van der Waals surface area contributed by atoms with E-state index >= 15 is 0 Å². The fraction of sp³-hybridized carbons (Fsp3) is 0.538. The monoisotopic (exact) mass is 299 g/mol. The average Bonchev–Trinajstić information content (AvgIpc) is 2.33. The predicted molar refractivity (Wildman–Crippen MR) is 75.5 cm³/mol. The maximum absolute atomic E-state index is 11.2. The zero-order valence-electron chi connectivity index (χ0n) is 12.2. The number of hydrogen-bond acceptors (Lipinski definition) is 7. The zero-order valence-corrected chi connectivity index (χ0v) is 12.2. The normalized spacial score (nSPS) is 14.5. The molecule has 118 valence electrons. The van der Waals surface area contributed by atoms with Crippen molar-refractivity contribution in [2.24, 2.45) is 0 Å². The molecule has 0 saturated heterocycles. The first-order valence-electron chi connectivity index (χ1n) is 6.36. The molecule has 1 heterocycles. The number of ether oxygens (including phenoxy) is 2. The van der Waals surface area contributed by atoms with Crippen molar-refractivity contribution in [3.8, 4) is 5.75 Å². The summed E-state index contributed by atoms with van der Waals surface area (Å²) in [5, 5.41) is 21.2. The van der Waals surface area contributed by atoms with Crippen molar-refractivity contribution in [1.82, 2.24) is 10.3 Å². The van der Waals surface area contributed by atoms with E-state index in [2.05, 4.69) is 10.3 Å². The number of aromatic nitrogens is 1. The van der Waals surface area contributed by atoms with E-state index in [1.54, 1.807) is 20.8 Å². The Morgan fingerprint density at radius 3 is 2.71 bits per heavy atom. The molecule has 1 aromatic rings. The number of carboxylic acids is 1. The van der Waals surface area contributed by atoms with Crippen LogP contribution in [-0.4, -0.2) is 45.8 Å². The van der Waals surface area contributed by atoms with E-state index < -0.39 is 24.0 Å². The van der Waals surface area contributed by atoms with Gasteiger partial charge in [-0.2, -0.15) is 0 Å². The Bertz CT molecular complexity index is 475. The van der Waals surface area contributed by atoms with Crippen LogP contribution >= 0.6 is 0 Å². The standard InChI is InChI=1S/C13H21N3O5/c1-13(2,3)21-12(19)16-9(11(17)18)7-20-10-4-5-15-6-8(10)14/h4-6,9,12,16,19H,7,14H2,1-3H3,(H,17,18)/t9-,12?/m0/s1. The van der Waals surface area contributed by atoms with Crippen molar-refractivity contribution in [1.29, 1.82) is 0 Å². The van der Waals surface area contributed by atoms with Crippen LogP contribution in [0.15, 0.2) is 18.5 Å². The number of nitrogen functional groups attached to an aromatic ring is 1. The quantitative estimate of drug-likeness (QED) is 0.525. The molecule has 0 aliphatic carbocycles. The van der Waals surface area contributed by atoms with Gasteiger partial charge in [0, 0.05) is 12.3 Å². The molecular formula is C13H21N3O5. The number of aliphatic hydroxyl groups is 1. The molecular weight excluding hydrogens is 278 g/mol. The SMILES string of the molecule is CC(C)(C)OC(O)N[C@@H](COc1ccncc1N)C(=O)O. The molecule has 1 rings (SSSR count). The second-order valence-electron chi connectivity index (χ2n) is 5.36. The second kappa shape index (κ2) is 7.21. The molecule has 0 aliphatic rings. The third-order valence-corrected chi connectivity index (χ3v) is 2.32. The molecule has 0 saturated carbocycles. The summed E-state index contributed by atoms with van der Waals surface area (Å²) in [6.07, 6.45) is 1.45. The smallest absolute Gasteiger partial charge is 0.324 e. The number of carbonyl (C=O) groups is 1. The molecule has 0 radical (unpaired) electrons. The van der Waals surface area contributed by atoms with Crippen LogP contribution in [0.4, 0.5) is 5.69 Å². The molecule has 21 heavy (non-hydrogen) atoms. The highest BCUT2D eigenvalue weighted by atomic mass is 16.6. The Labute approximate surface area is 122 Å². The molecule has 1 aromatic heterocycles. The van der Waals surface area contributed by atoms with Crippen LogP contribution in [0.25, 0.3) is 0 Å². The minimum atomic E-state index is -1.43. The topological polar surface area (TPSA) is 127 Å². The molecule has 5 N–H and O–H groups in total. The van der Waals surface area contributed by atoms with Crippen LogP contribution in [0, 0.1) is 0 Å². The van der Waals surface area contributed by atoms with Crippen molar-refractivity contribution in [2.75, 3.05) is 12.3 Å². The number of pyridine rings is 1. The second-order valence-corrected chi connectivity index (χ2v) is 5.36. The van der Waals surface area contributed by atoms with Crippen molar-refractivity contribution in [2.45, 2.75) is 38.8 Å². The van der Waals surface area contributed by atoms with Crippen molar-refractivity contribution in [3.05, 3.63) is 18.5 Å². The highest BCUT2D eigenvalue weighted by Crippen LogP contribution is 2.18. The lowest BCUT2D eigenvalue weighted by Crippen LogP contribution is -2.49.